The molecule has 0 bridgehead atoms. The number of esters is 1. The van der Waals surface area contributed by atoms with Crippen LogP contribution in [-0.2, 0) is 29.8 Å². The summed E-state index contributed by atoms with van der Waals surface area (Å²) in [5.41, 5.74) is 10.9. The molecule has 4 heterocycles. The minimum absolute atomic E-state index is 0.182. The van der Waals surface area contributed by atoms with Gasteiger partial charge in [-0.3, -0.25) is 9.82 Å². The zero-order chi connectivity index (χ0) is 32.1. The molecule has 1 saturated heterocycles. The number of nitrogens with zero attached hydrogens (tertiary/aromatic N) is 6. The van der Waals surface area contributed by atoms with Crippen LogP contribution < -0.4 is 15.8 Å². The maximum absolute atomic E-state index is 12.1. The molecular formula is C30H40N8O4. The number of aromatic nitrogens is 5. The molecule has 1 atom stereocenters. The summed E-state index contributed by atoms with van der Waals surface area (Å²) in [5.74, 6) is -0.412. The van der Waals surface area contributed by atoms with Gasteiger partial charge in [0.2, 0.25) is 11.8 Å². The highest BCUT2D eigenvalue weighted by Gasteiger charge is 2.18. The summed E-state index contributed by atoms with van der Waals surface area (Å²) < 4.78 is 39.1. The smallest absolute Gasteiger partial charge is 0.337 e. The maximum atomic E-state index is 12.1. The first-order valence-corrected chi connectivity index (χ1v) is 14.1. The van der Waals surface area contributed by atoms with Crippen LogP contribution in [0.15, 0.2) is 36.5 Å². The first-order valence-electron chi connectivity index (χ1n) is 15.6. The first-order chi connectivity index (χ1) is 21.5. The predicted molar refractivity (Wildman–Crippen MR) is 160 cm³/mol. The van der Waals surface area contributed by atoms with E-state index in [-0.39, 0.29) is 19.1 Å². The van der Waals surface area contributed by atoms with Crippen molar-refractivity contribution in [2.24, 2.45) is 13.0 Å². The summed E-state index contributed by atoms with van der Waals surface area (Å²) in [6, 6.07) is 9.10. The second-order valence-corrected chi connectivity index (χ2v) is 10.4. The fourth-order valence-electron chi connectivity index (χ4n) is 5.03. The zero-order valence-corrected chi connectivity index (χ0v) is 24.3. The van der Waals surface area contributed by atoms with Gasteiger partial charge >= 0.3 is 5.97 Å². The molecule has 4 aromatic rings. The average Bonchev–Trinajstić information content (AvgIpc) is 3.54. The molecule has 1 aromatic carbocycles. The normalized spacial score (nSPS) is 16.1. The molecule has 0 amide bonds. The summed E-state index contributed by atoms with van der Waals surface area (Å²) in [6.45, 7) is 3.81. The van der Waals surface area contributed by atoms with Gasteiger partial charge in [-0.25, -0.2) is 14.5 Å². The standard InChI is InChI=1S/C30H40N8O4/c1-20(18-38-27-15-22(7-8-25(27)35-30(38)31)19-42-37-11-9-32-10-12-37)6-5-13-41-28-24(17-33-36(28)3)26-16-23(29(39)40-4)14-21(2)34-26/h7-8,14-17,20,32H,5-6,9-13,18-19H2,1-4H3,(H2,31,35)/i1D3. The fourth-order valence-corrected chi connectivity index (χ4v) is 5.03. The molecule has 0 saturated carbocycles. The van der Waals surface area contributed by atoms with Crippen LogP contribution in [0.2, 0.25) is 0 Å². The largest absolute Gasteiger partial charge is 0.477 e. The number of carbonyl (C=O) groups is 1. The molecule has 0 aliphatic carbocycles. The molecule has 3 N–H and O–H groups in total. The second-order valence-electron chi connectivity index (χ2n) is 10.4. The average molecular weight is 580 g/mol. The highest BCUT2D eigenvalue weighted by Crippen LogP contribution is 2.30. The molecule has 1 fully saturated rings. The predicted octanol–water partition coefficient (Wildman–Crippen LogP) is 3.34. The van der Waals surface area contributed by atoms with Crippen molar-refractivity contribution in [3.63, 3.8) is 0 Å². The number of pyridine rings is 1. The first kappa shape index (κ1) is 25.7. The molecular weight excluding hydrogens is 536 g/mol. The summed E-state index contributed by atoms with van der Waals surface area (Å²) in [5, 5.41) is 9.56. The van der Waals surface area contributed by atoms with Gasteiger partial charge in [-0.05, 0) is 55.5 Å². The van der Waals surface area contributed by atoms with Crippen LogP contribution in [0.1, 0.15) is 45.4 Å². The van der Waals surface area contributed by atoms with Crippen LogP contribution in [0, 0.1) is 12.8 Å². The van der Waals surface area contributed by atoms with E-state index in [1.54, 1.807) is 41.5 Å². The molecule has 5 rings (SSSR count). The van der Waals surface area contributed by atoms with Gasteiger partial charge in [-0.15, -0.1) is 0 Å². The number of ether oxygens (including phenoxy) is 2. The third-order valence-corrected chi connectivity index (χ3v) is 7.21. The van der Waals surface area contributed by atoms with E-state index in [0.29, 0.717) is 53.4 Å². The number of piperazine rings is 1. The number of carbonyl (C=O) groups excluding carboxylic acids is 1. The van der Waals surface area contributed by atoms with E-state index >= 15 is 0 Å². The molecule has 0 spiro atoms. The topological polar surface area (TPSA) is 135 Å². The van der Waals surface area contributed by atoms with Crippen molar-refractivity contribution in [1.82, 2.24) is 34.7 Å². The Bertz CT molecular complexity index is 1630. The number of rotatable bonds is 12. The van der Waals surface area contributed by atoms with Gasteiger partial charge in [0.05, 0.1) is 54.4 Å². The number of fused-ring (bicyclic) bond motifs is 1. The van der Waals surface area contributed by atoms with Crippen molar-refractivity contribution >= 4 is 23.0 Å². The third-order valence-electron chi connectivity index (χ3n) is 7.21. The minimum Gasteiger partial charge on any atom is -0.477 e. The number of hydroxylamine groups is 2. The molecule has 0 radical (unpaired) electrons. The highest BCUT2D eigenvalue weighted by atomic mass is 16.7. The number of aryl methyl sites for hydroxylation is 2. The summed E-state index contributed by atoms with van der Waals surface area (Å²) >= 11 is 0. The number of nitrogens with two attached hydrogens (primary N) is 1. The summed E-state index contributed by atoms with van der Waals surface area (Å²) in [7, 11) is 3.07. The Kier molecular flexibility index (Phi) is 8.15. The second kappa shape index (κ2) is 13.3. The van der Waals surface area contributed by atoms with Gasteiger partial charge in [0.1, 0.15) is 0 Å². The van der Waals surface area contributed by atoms with Crippen molar-refractivity contribution < 1.29 is 23.2 Å². The lowest BCUT2D eigenvalue weighted by Gasteiger charge is -2.26. The number of nitrogen functional groups attached to an aromatic ring is 1. The van der Waals surface area contributed by atoms with E-state index in [9.17, 15) is 4.79 Å². The number of methoxy groups -OCH3 is 1. The number of anilines is 1. The van der Waals surface area contributed by atoms with Crippen LogP contribution in [0.5, 0.6) is 5.88 Å². The van der Waals surface area contributed by atoms with Crippen molar-refractivity contribution in [3.05, 3.63) is 53.3 Å². The Morgan fingerprint density at radius 1 is 1.21 bits per heavy atom. The number of hydrogen-bond acceptors (Lipinski definition) is 10. The summed E-state index contributed by atoms with van der Waals surface area (Å²) in [4.78, 5) is 27.1. The Labute approximate surface area is 249 Å². The lowest BCUT2D eigenvalue weighted by Crippen LogP contribution is -2.43. The fraction of sp³-hybridized carbons (Fsp3) is 0.467. The van der Waals surface area contributed by atoms with Crippen LogP contribution in [0.25, 0.3) is 22.3 Å². The lowest BCUT2D eigenvalue weighted by molar-refractivity contribution is -0.174. The number of nitrogens with one attached hydrogen (secondary N) is 1. The maximum Gasteiger partial charge on any atom is 0.337 e. The molecule has 1 unspecified atom stereocenters. The Morgan fingerprint density at radius 3 is 2.83 bits per heavy atom. The van der Waals surface area contributed by atoms with Crippen molar-refractivity contribution in [2.75, 3.05) is 45.6 Å². The summed E-state index contributed by atoms with van der Waals surface area (Å²) in [6.07, 6.45) is 2.46. The van der Waals surface area contributed by atoms with Crippen LogP contribution in [0.4, 0.5) is 5.95 Å². The van der Waals surface area contributed by atoms with Gasteiger partial charge in [-0.1, -0.05) is 12.9 Å². The van der Waals surface area contributed by atoms with Crippen LogP contribution in [0.3, 0.4) is 0 Å². The monoisotopic (exact) mass is 579 g/mol. The molecule has 3 aromatic heterocycles. The number of benzene rings is 1. The van der Waals surface area contributed by atoms with E-state index in [0.717, 1.165) is 37.3 Å². The molecule has 1 aliphatic rings. The van der Waals surface area contributed by atoms with E-state index < -0.39 is 18.7 Å². The van der Waals surface area contributed by atoms with Crippen molar-refractivity contribution in [2.45, 2.75) is 39.8 Å². The molecule has 224 valence electrons. The quantitative estimate of drug-likeness (QED) is 0.190. The van der Waals surface area contributed by atoms with Gasteiger partial charge in [-0.2, -0.15) is 10.2 Å². The lowest BCUT2D eigenvalue weighted by atomic mass is 10.1. The van der Waals surface area contributed by atoms with E-state index in [1.165, 1.54) is 7.11 Å². The SMILES string of the molecule is [2H]C([2H])([2H])C(CCCOc1c(-c2cc(C(=O)OC)cc(C)n2)cnn1C)Cn1c(N)nc2ccc(CON3CCNCC3)cc21. The van der Waals surface area contributed by atoms with Gasteiger partial charge in [0, 0.05) is 49.6 Å². The zero-order valence-electron chi connectivity index (χ0n) is 27.3. The number of hydrogen-bond donors (Lipinski definition) is 2. The molecule has 1 aliphatic heterocycles. The Hall–Kier alpha value is -4.00. The van der Waals surface area contributed by atoms with E-state index in [2.05, 4.69) is 20.4 Å². The van der Waals surface area contributed by atoms with Crippen LogP contribution >= 0.6 is 0 Å². The van der Waals surface area contributed by atoms with Crippen LogP contribution in [-0.4, -0.2) is 75.2 Å². The van der Waals surface area contributed by atoms with Gasteiger partial charge < -0.3 is 25.1 Å². The van der Waals surface area contributed by atoms with Gasteiger partial charge in [0.15, 0.2) is 0 Å². The van der Waals surface area contributed by atoms with E-state index in [4.69, 9.17) is 24.2 Å². The Morgan fingerprint density at radius 2 is 2.05 bits per heavy atom. The third kappa shape index (κ3) is 6.89. The Balaban J connectivity index is 1.26. The van der Waals surface area contributed by atoms with Crippen molar-refractivity contribution in [1.29, 1.82) is 0 Å². The number of imidazole rings is 1. The van der Waals surface area contributed by atoms with E-state index in [1.807, 2.05) is 23.3 Å². The minimum atomic E-state index is -2.22. The highest BCUT2D eigenvalue weighted by molar-refractivity contribution is 5.90. The molecule has 42 heavy (non-hydrogen) atoms. The molecule has 12 heteroatoms. The van der Waals surface area contributed by atoms with Gasteiger partial charge in [0.25, 0.3) is 0 Å². The molecule has 12 nitrogen and oxygen atoms in total. The van der Waals surface area contributed by atoms with Crippen molar-refractivity contribution in [3.8, 4) is 17.1 Å².